The highest BCUT2D eigenvalue weighted by atomic mass is 16.5. The van der Waals surface area contributed by atoms with Crippen molar-refractivity contribution in [2.75, 3.05) is 37.7 Å². The number of furan rings is 1. The molecule has 0 aromatic carbocycles. The molecule has 0 bridgehead atoms. The number of anilines is 1. The monoisotopic (exact) mass is 356 g/mol. The molecule has 2 saturated heterocycles. The Hall–Kier alpha value is -2.41. The van der Waals surface area contributed by atoms with Crippen LogP contribution in [-0.2, 0) is 4.74 Å². The Labute approximate surface area is 153 Å². The van der Waals surface area contributed by atoms with Crippen molar-refractivity contribution in [1.82, 2.24) is 14.9 Å². The molecule has 2 aromatic rings. The lowest BCUT2D eigenvalue weighted by molar-refractivity contribution is -0.0169. The molecular weight excluding hydrogens is 332 g/mol. The Morgan fingerprint density at radius 1 is 1.19 bits per heavy atom. The molecule has 2 atom stereocenters. The van der Waals surface area contributed by atoms with Crippen LogP contribution in [0.1, 0.15) is 28.3 Å². The average molecular weight is 356 g/mol. The first kappa shape index (κ1) is 17.0. The summed E-state index contributed by atoms with van der Waals surface area (Å²) < 4.78 is 11.6. The summed E-state index contributed by atoms with van der Waals surface area (Å²) in [7, 11) is 0. The normalized spacial score (nSPS) is 23.5. The van der Waals surface area contributed by atoms with Crippen molar-refractivity contribution in [2.24, 2.45) is 5.92 Å². The van der Waals surface area contributed by atoms with Gasteiger partial charge in [0, 0.05) is 44.5 Å². The third-order valence-corrected chi connectivity index (χ3v) is 5.24. The van der Waals surface area contributed by atoms with E-state index in [1.807, 2.05) is 30.9 Å². The summed E-state index contributed by atoms with van der Waals surface area (Å²) in [6.45, 7) is 7.31. The van der Waals surface area contributed by atoms with Crippen molar-refractivity contribution in [2.45, 2.75) is 26.4 Å². The molecule has 0 unspecified atom stereocenters. The Morgan fingerprint density at radius 3 is 2.73 bits per heavy atom. The number of amides is 1. The molecule has 0 N–H and O–H groups in total. The van der Waals surface area contributed by atoms with E-state index in [1.165, 1.54) is 0 Å². The molecular formula is C19H24N4O3. The highest BCUT2D eigenvalue weighted by Gasteiger charge is 2.36. The second-order valence-electron chi connectivity index (χ2n) is 7.03. The van der Waals surface area contributed by atoms with Gasteiger partial charge in [0.15, 0.2) is 0 Å². The van der Waals surface area contributed by atoms with E-state index in [0.717, 1.165) is 37.8 Å². The fraction of sp³-hybridized carbons (Fsp3) is 0.526. The number of piperidine rings is 1. The van der Waals surface area contributed by atoms with Crippen LogP contribution in [0.3, 0.4) is 0 Å². The predicted molar refractivity (Wildman–Crippen MR) is 96.2 cm³/mol. The van der Waals surface area contributed by atoms with Gasteiger partial charge in [0.2, 0.25) is 5.95 Å². The summed E-state index contributed by atoms with van der Waals surface area (Å²) in [5, 5.41) is 0. The van der Waals surface area contributed by atoms with Crippen LogP contribution in [0.25, 0.3) is 0 Å². The van der Waals surface area contributed by atoms with E-state index in [2.05, 4.69) is 14.9 Å². The number of carbonyl (C=O) groups excluding carboxylic acids is 1. The summed E-state index contributed by atoms with van der Waals surface area (Å²) in [6.07, 6.45) is 4.49. The molecule has 2 aromatic heterocycles. The van der Waals surface area contributed by atoms with E-state index in [1.54, 1.807) is 12.4 Å². The van der Waals surface area contributed by atoms with E-state index < -0.39 is 0 Å². The predicted octanol–water partition coefficient (Wildman–Crippen LogP) is 2.05. The van der Waals surface area contributed by atoms with Crippen LogP contribution < -0.4 is 4.90 Å². The third-order valence-electron chi connectivity index (χ3n) is 5.24. The Bertz CT molecular complexity index is 776. The minimum atomic E-state index is 0.0360. The number of aromatic nitrogens is 2. The van der Waals surface area contributed by atoms with Gasteiger partial charge < -0.3 is 19.0 Å². The van der Waals surface area contributed by atoms with Gasteiger partial charge in [-0.25, -0.2) is 9.97 Å². The van der Waals surface area contributed by atoms with Crippen molar-refractivity contribution < 1.29 is 13.9 Å². The second-order valence-corrected chi connectivity index (χ2v) is 7.03. The molecule has 2 fully saturated rings. The highest BCUT2D eigenvalue weighted by molar-refractivity contribution is 5.95. The van der Waals surface area contributed by atoms with E-state index in [4.69, 9.17) is 9.15 Å². The number of nitrogens with zero attached hydrogens (tertiary/aromatic N) is 4. The summed E-state index contributed by atoms with van der Waals surface area (Å²) in [5.74, 6) is 2.61. The molecule has 4 rings (SSSR count). The first-order valence-electron chi connectivity index (χ1n) is 9.11. The van der Waals surface area contributed by atoms with Crippen molar-refractivity contribution in [3.05, 3.63) is 41.6 Å². The quantitative estimate of drug-likeness (QED) is 0.820. The molecule has 2 aliphatic heterocycles. The zero-order valence-corrected chi connectivity index (χ0v) is 15.2. The standard InChI is InChI=1S/C19H24N4O3/c1-13-10-16(14(2)26-13)18(24)22-7-4-15-11-23(8-9-25-17(15)12-22)19-20-5-3-6-21-19/h3,5-6,10,15,17H,4,7-9,11-12H2,1-2H3/t15-,17-/m1/s1. The van der Waals surface area contributed by atoms with E-state index in [9.17, 15) is 4.79 Å². The summed E-state index contributed by atoms with van der Waals surface area (Å²) in [6, 6.07) is 3.65. The number of carbonyl (C=O) groups is 1. The molecule has 7 nitrogen and oxygen atoms in total. The van der Waals surface area contributed by atoms with Crippen LogP contribution in [0, 0.1) is 19.8 Å². The SMILES string of the molecule is Cc1cc(C(=O)N2CC[C@@H]3CN(c4ncccn4)CCO[C@@H]3C2)c(C)o1. The van der Waals surface area contributed by atoms with Crippen LogP contribution in [-0.4, -0.2) is 59.7 Å². The molecule has 138 valence electrons. The third kappa shape index (κ3) is 3.31. The van der Waals surface area contributed by atoms with Crippen LogP contribution >= 0.6 is 0 Å². The molecule has 0 spiro atoms. The molecule has 0 saturated carbocycles. The van der Waals surface area contributed by atoms with Crippen LogP contribution in [0.2, 0.25) is 0 Å². The maximum atomic E-state index is 12.9. The summed E-state index contributed by atoms with van der Waals surface area (Å²) in [4.78, 5) is 25.7. The lowest BCUT2D eigenvalue weighted by Crippen LogP contribution is -2.49. The first-order chi connectivity index (χ1) is 12.6. The van der Waals surface area contributed by atoms with Crippen LogP contribution in [0.5, 0.6) is 0 Å². The van der Waals surface area contributed by atoms with Gasteiger partial charge in [-0.05, 0) is 32.4 Å². The minimum Gasteiger partial charge on any atom is -0.466 e. The van der Waals surface area contributed by atoms with E-state index >= 15 is 0 Å². The molecule has 4 heterocycles. The maximum Gasteiger partial charge on any atom is 0.257 e. The van der Waals surface area contributed by atoms with Gasteiger partial charge in [-0.3, -0.25) is 4.79 Å². The van der Waals surface area contributed by atoms with Gasteiger partial charge in [-0.15, -0.1) is 0 Å². The van der Waals surface area contributed by atoms with Gasteiger partial charge in [0.1, 0.15) is 11.5 Å². The summed E-state index contributed by atoms with van der Waals surface area (Å²) >= 11 is 0. The minimum absolute atomic E-state index is 0.0360. The Kier molecular flexibility index (Phi) is 4.63. The number of aryl methyl sites for hydroxylation is 2. The smallest absolute Gasteiger partial charge is 0.257 e. The average Bonchev–Trinajstić information content (AvgIpc) is 2.87. The first-order valence-corrected chi connectivity index (χ1v) is 9.11. The van der Waals surface area contributed by atoms with Crippen molar-refractivity contribution >= 4 is 11.9 Å². The number of fused-ring (bicyclic) bond motifs is 1. The van der Waals surface area contributed by atoms with Crippen molar-refractivity contribution in [3.63, 3.8) is 0 Å². The van der Waals surface area contributed by atoms with Gasteiger partial charge in [0.05, 0.1) is 18.3 Å². The van der Waals surface area contributed by atoms with Gasteiger partial charge in [-0.1, -0.05) is 0 Å². The van der Waals surface area contributed by atoms with Gasteiger partial charge in [0.25, 0.3) is 5.91 Å². The molecule has 2 aliphatic rings. The zero-order chi connectivity index (χ0) is 18.1. The van der Waals surface area contributed by atoms with Crippen LogP contribution in [0.15, 0.2) is 28.9 Å². The van der Waals surface area contributed by atoms with Crippen LogP contribution in [0.4, 0.5) is 5.95 Å². The fourth-order valence-corrected chi connectivity index (χ4v) is 3.89. The van der Waals surface area contributed by atoms with E-state index in [0.29, 0.717) is 30.4 Å². The molecule has 1 amide bonds. The lowest BCUT2D eigenvalue weighted by Gasteiger charge is -2.37. The number of hydrogen-bond acceptors (Lipinski definition) is 6. The maximum absolute atomic E-state index is 12.9. The number of rotatable bonds is 2. The van der Waals surface area contributed by atoms with Gasteiger partial charge in [-0.2, -0.15) is 0 Å². The molecule has 0 radical (unpaired) electrons. The highest BCUT2D eigenvalue weighted by Crippen LogP contribution is 2.27. The number of ether oxygens (including phenoxy) is 1. The zero-order valence-electron chi connectivity index (χ0n) is 15.2. The number of hydrogen-bond donors (Lipinski definition) is 0. The molecule has 26 heavy (non-hydrogen) atoms. The van der Waals surface area contributed by atoms with Crippen molar-refractivity contribution in [1.29, 1.82) is 0 Å². The second kappa shape index (κ2) is 7.07. The van der Waals surface area contributed by atoms with Crippen molar-refractivity contribution in [3.8, 4) is 0 Å². The van der Waals surface area contributed by atoms with E-state index in [-0.39, 0.29) is 12.0 Å². The van der Waals surface area contributed by atoms with Gasteiger partial charge >= 0.3 is 0 Å². The lowest BCUT2D eigenvalue weighted by atomic mass is 9.93. The molecule has 0 aliphatic carbocycles. The molecule has 7 heteroatoms. The summed E-state index contributed by atoms with van der Waals surface area (Å²) in [5.41, 5.74) is 0.661. The topological polar surface area (TPSA) is 71.7 Å². The number of likely N-dealkylation sites (tertiary alicyclic amines) is 1. The Morgan fingerprint density at radius 2 is 2.00 bits per heavy atom. The fourth-order valence-electron chi connectivity index (χ4n) is 3.89. The largest absolute Gasteiger partial charge is 0.466 e. The Balaban J connectivity index is 1.45.